The largest absolute Gasteiger partial charge is 0.325 e. The van der Waals surface area contributed by atoms with E-state index in [0.29, 0.717) is 17.2 Å². The molecule has 0 spiro atoms. The number of amides is 4. The molecule has 1 heterocycles. The van der Waals surface area contributed by atoms with E-state index >= 15 is 0 Å². The van der Waals surface area contributed by atoms with Crippen LogP contribution in [0.15, 0.2) is 42.5 Å². The van der Waals surface area contributed by atoms with Gasteiger partial charge in [0.1, 0.15) is 12.1 Å². The monoisotopic (exact) mass is 393 g/mol. The summed E-state index contributed by atoms with van der Waals surface area (Å²) in [6, 6.07) is 12.6. The zero-order valence-electron chi connectivity index (χ0n) is 17.5. The molecule has 1 fully saturated rings. The minimum absolute atomic E-state index is 0.336. The van der Waals surface area contributed by atoms with Crippen molar-refractivity contribution in [3.8, 4) is 0 Å². The normalized spacial score (nSPS) is 18.9. The van der Waals surface area contributed by atoms with Gasteiger partial charge in [-0.15, -0.1) is 0 Å². The summed E-state index contributed by atoms with van der Waals surface area (Å²) in [5.74, 6) is -0.484. The average Bonchev–Trinajstić information content (AvgIpc) is 2.89. The third-order valence-electron chi connectivity index (χ3n) is 5.52. The maximum absolute atomic E-state index is 13.0. The lowest BCUT2D eigenvalue weighted by atomic mass is 9.90. The van der Waals surface area contributed by atoms with Gasteiger partial charge < -0.3 is 10.6 Å². The van der Waals surface area contributed by atoms with Crippen molar-refractivity contribution in [1.82, 2.24) is 10.2 Å². The predicted molar refractivity (Wildman–Crippen MR) is 113 cm³/mol. The molecule has 0 saturated carbocycles. The Morgan fingerprint density at radius 1 is 1.07 bits per heavy atom. The highest BCUT2D eigenvalue weighted by Gasteiger charge is 2.49. The summed E-state index contributed by atoms with van der Waals surface area (Å²) in [5, 5.41) is 5.49. The molecular formula is C23H27N3O3. The molecular weight excluding hydrogens is 366 g/mol. The Morgan fingerprint density at radius 3 is 2.31 bits per heavy atom. The van der Waals surface area contributed by atoms with Gasteiger partial charge in [0.05, 0.1) is 0 Å². The number of imide groups is 1. The highest BCUT2D eigenvalue weighted by Crippen LogP contribution is 2.30. The van der Waals surface area contributed by atoms with Gasteiger partial charge in [-0.05, 0) is 61.1 Å². The van der Waals surface area contributed by atoms with Crippen LogP contribution in [0.4, 0.5) is 10.5 Å². The van der Waals surface area contributed by atoms with Crippen molar-refractivity contribution in [2.24, 2.45) is 0 Å². The molecule has 152 valence electrons. The predicted octanol–water partition coefficient (Wildman–Crippen LogP) is 3.83. The lowest BCUT2D eigenvalue weighted by Gasteiger charge is -2.22. The van der Waals surface area contributed by atoms with E-state index in [9.17, 15) is 14.4 Å². The second-order valence-corrected chi connectivity index (χ2v) is 8.07. The van der Waals surface area contributed by atoms with Gasteiger partial charge in [0.25, 0.3) is 5.91 Å². The van der Waals surface area contributed by atoms with Crippen molar-refractivity contribution in [3.05, 3.63) is 64.7 Å². The van der Waals surface area contributed by atoms with Crippen LogP contribution < -0.4 is 10.6 Å². The summed E-state index contributed by atoms with van der Waals surface area (Å²) >= 11 is 0. The van der Waals surface area contributed by atoms with E-state index in [4.69, 9.17) is 0 Å². The van der Waals surface area contributed by atoms with Crippen LogP contribution in [0.2, 0.25) is 0 Å². The van der Waals surface area contributed by atoms with Gasteiger partial charge in [-0.3, -0.25) is 14.5 Å². The quantitative estimate of drug-likeness (QED) is 0.758. The second-order valence-electron chi connectivity index (χ2n) is 8.07. The minimum Gasteiger partial charge on any atom is -0.325 e. The van der Waals surface area contributed by atoms with Gasteiger partial charge in [0.2, 0.25) is 5.91 Å². The number of carbonyl (C=O) groups is 3. The van der Waals surface area contributed by atoms with Crippen LogP contribution >= 0.6 is 0 Å². The molecule has 29 heavy (non-hydrogen) atoms. The van der Waals surface area contributed by atoms with Gasteiger partial charge in [-0.25, -0.2) is 4.79 Å². The van der Waals surface area contributed by atoms with Gasteiger partial charge in [0, 0.05) is 5.69 Å². The Morgan fingerprint density at radius 2 is 1.72 bits per heavy atom. The smallest absolute Gasteiger partial charge is 0.325 e. The van der Waals surface area contributed by atoms with Crippen LogP contribution in [0.1, 0.15) is 48.9 Å². The molecule has 0 aromatic heterocycles. The van der Waals surface area contributed by atoms with E-state index in [1.165, 1.54) is 0 Å². The van der Waals surface area contributed by atoms with E-state index in [2.05, 4.69) is 24.5 Å². The van der Waals surface area contributed by atoms with Crippen LogP contribution in [-0.4, -0.2) is 29.3 Å². The minimum atomic E-state index is -1.19. The summed E-state index contributed by atoms with van der Waals surface area (Å²) in [5.41, 5.74) is 3.47. The molecule has 4 amide bonds. The first-order valence-electron chi connectivity index (χ1n) is 9.73. The lowest BCUT2D eigenvalue weighted by molar-refractivity contribution is -0.133. The third-order valence-corrected chi connectivity index (χ3v) is 5.52. The molecule has 0 bridgehead atoms. The SMILES string of the molecule is Cc1ccc(NC(=O)CN2C(=O)N[C@@](C)(c3ccc(C(C)C)cc3)C2=O)cc1C. The fraction of sp³-hybridized carbons (Fsp3) is 0.348. The van der Waals surface area contributed by atoms with E-state index < -0.39 is 23.4 Å². The van der Waals surface area contributed by atoms with E-state index in [1.54, 1.807) is 13.0 Å². The zero-order chi connectivity index (χ0) is 21.3. The first kappa shape index (κ1) is 20.6. The van der Waals surface area contributed by atoms with Crippen LogP contribution in [0.25, 0.3) is 0 Å². The molecule has 1 atom stereocenters. The second kappa shape index (κ2) is 7.70. The Bertz CT molecular complexity index is 966. The van der Waals surface area contributed by atoms with Gasteiger partial charge in [-0.2, -0.15) is 0 Å². The number of anilines is 1. The van der Waals surface area contributed by atoms with Crippen molar-refractivity contribution >= 4 is 23.5 Å². The van der Waals surface area contributed by atoms with Gasteiger partial charge >= 0.3 is 6.03 Å². The van der Waals surface area contributed by atoms with E-state index in [1.807, 2.05) is 50.2 Å². The molecule has 2 aromatic rings. The zero-order valence-corrected chi connectivity index (χ0v) is 17.5. The fourth-order valence-electron chi connectivity index (χ4n) is 3.40. The summed E-state index contributed by atoms with van der Waals surface area (Å²) in [6.07, 6.45) is 0. The van der Waals surface area contributed by atoms with E-state index in [-0.39, 0.29) is 6.54 Å². The highest BCUT2D eigenvalue weighted by atomic mass is 16.2. The fourth-order valence-corrected chi connectivity index (χ4v) is 3.40. The van der Waals surface area contributed by atoms with Crippen LogP contribution in [0, 0.1) is 13.8 Å². The number of urea groups is 1. The number of hydrogen-bond acceptors (Lipinski definition) is 3. The van der Waals surface area contributed by atoms with Crippen LogP contribution in [0.3, 0.4) is 0 Å². The maximum atomic E-state index is 13.0. The molecule has 0 aliphatic carbocycles. The number of carbonyl (C=O) groups excluding carboxylic acids is 3. The lowest BCUT2D eigenvalue weighted by Crippen LogP contribution is -2.42. The molecule has 2 N–H and O–H groups in total. The topological polar surface area (TPSA) is 78.5 Å². The Kier molecular flexibility index (Phi) is 5.46. The molecule has 2 aromatic carbocycles. The molecule has 6 nitrogen and oxygen atoms in total. The van der Waals surface area contributed by atoms with Crippen molar-refractivity contribution in [2.75, 3.05) is 11.9 Å². The molecule has 1 aliphatic rings. The van der Waals surface area contributed by atoms with Crippen molar-refractivity contribution in [3.63, 3.8) is 0 Å². The summed E-state index contributed by atoms with van der Waals surface area (Å²) in [4.78, 5) is 38.9. The average molecular weight is 393 g/mol. The number of benzene rings is 2. The van der Waals surface area contributed by atoms with Crippen molar-refractivity contribution in [1.29, 1.82) is 0 Å². The molecule has 0 unspecified atom stereocenters. The summed E-state index contributed by atoms with van der Waals surface area (Å²) in [6.45, 7) is 9.46. The maximum Gasteiger partial charge on any atom is 0.325 e. The number of nitrogens with one attached hydrogen (secondary N) is 2. The Labute approximate surface area is 171 Å². The molecule has 6 heteroatoms. The number of rotatable bonds is 5. The highest BCUT2D eigenvalue weighted by molar-refractivity contribution is 6.10. The van der Waals surface area contributed by atoms with Crippen molar-refractivity contribution < 1.29 is 14.4 Å². The number of hydrogen-bond donors (Lipinski definition) is 2. The van der Waals surface area contributed by atoms with E-state index in [0.717, 1.165) is 21.6 Å². The first-order valence-corrected chi connectivity index (χ1v) is 9.73. The summed E-state index contributed by atoms with van der Waals surface area (Å²) in [7, 11) is 0. The first-order chi connectivity index (χ1) is 13.6. The molecule has 0 radical (unpaired) electrons. The van der Waals surface area contributed by atoms with Gasteiger partial charge in [0.15, 0.2) is 0 Å². The molecule has 1 aliphatic heterocycles. The standard InChI is InChI=1S/C23H27N3O3/c1-14(2)17-7-9-18(10-8-17)23(5)21(28)26(22(29)25-23)13-20(27)24-19-11-6-15(3)16(4)12-19/h6-12,14H,13H2,1-5H3,(H,24,27)(H,25,29)/t23-/m0/s1. The Balaban J connectivity index is 1.74. The number of nitrogens with zero attached hydrogens (tertiary/aromatic N) is 1. The van der Waals surface area contributed by atoms with Crippen LogP contribution in [0.5, 0.6) is 0 Å². The summed E-state index contributed by atoms with van der Waals surface area (Å²) < 4.78 is 0. The molecule has 1 saturated heterocycles. The van der Waals surface area contributed by atoms with Gasteiger partial charge in [-0.1, -0.05) is 44.2 Å². The number of aryl methyl sites for hydroxylation is 2. The van der Waals surface area contributed by atoms with Crippen LogP contribution in [-0.2, 0) is 15.1 Å². The third kappa shape index (κ3) is 4.01. The molecule has 3 rings (SSSR count). The van der Waals surface area contributed by atoms with Crippen molar-refractivity contribution in [2.45, 2.75) is 46.1 Å². The Hall–Kier alpha value is -3.15.